The van der Waals surface area contributed by atoms with Crippen LogP contribution in [0.15, 0.2) is 6.07 Å². The second kappa shape index (κ2) is 7.23. The predicted molar refractivity (Wildman–Crippen MR) is 91.3 cm³/mol. The van der Waals surface area contributed by atoms with E-state index in [0.717, 1.165) is 16.3 Å². The SMILES string of the molecule is CCn1nc(C(C)C)cc1C(=O)N(C1CCC(O)CC1)S(C)(=O)=O. The monoisotopic (exact) mass is 357 g/mol. The molecule has 8 heteroatoms. The number of rotatable bonds is 5. The molecule has 0 bridgehead atoms. The minimum absolute atomic E-state index is 0.154. The lowest BCUT2D eigenvalue weighted by Crippen LogP contribution is -2.46. The highest BCUT2D eigenvalue weighted by molar-refractivity contribution is 7.88. The number of nitrogens with zero attached hydrogens (tertiary/aromatic N) is 3. The Labute approximate surface area is 143 Å². The van der Waals surface area contributed by atoms with E-state index in [-0.39, 0.29) is 5.92 Å². The molecule has 0 saturated heterocycles. The van der Waals surface area contributed by atoms with E-state index in [9.17, 15) is 18.3 Å². The standard InChI is InChI=1S/C16H27N3O4S/c1-5-18-15(10-14(17-18)11(2)3)16(21)19(24(4,22)23)12-6-8-13(20)9-7-12/h10-13,20H,5-9H2,1-4H3. The molecule has 0 aliphatic heterocycles. The smallest absolute Gasteiger partial charge is 0.285 e. The maximum Gasteiger partial charge on any atom is 0.285 e. The summed E-state index contributed by atoms with van der Waals surface area (Å²) in [7, 11) is -3.70. The molecule has 1 amide bonds. The van der Waals surface area contributed by atoms with Crippen molar-refractivity contribution in [2.24, 2.45) is 0 Å². The van der Waals surface area contributed by atoms with Crippen molar-refractivity contribution in [3.63, 3.8) is 0 Å². The number of carbonyl (C=O) groups is 1. The van der Waals surface area contributed by atoms with Crippen LogP contribution in [-0.4, -0.2) is 51.9 Å². The van der Waals surface area contributed by atoms with E-state index in [1.807, 2.05) is 20.8 Å². The number of hydrogen-bond donors (Lipinski definition) is 1. The van der Waals surface area contributed by atoms with Crippen LogP contribution in [0.2, 0.25) is 0 Å². The van der Waals surface area contributed by atoms with E-state index in [0.29, 0.717) is 37.9 Å². The minimum Gasteiger partial charge on any atom is -0.393 e. The molecule has 1 aromatic rings. The third-order valence-corrected chi connectivity index (χ3v) is 5.64. The first-order chi connectivity index (χ1) is 11.1. The second-order valence-corrected chi connectivity index (χ2v) is 8.61. The zero-order chi connectivity index (χ0) is 18.1. The Bertz CT molecular complexity index is 688. The van der Waals surface area contributed by atoms with Crippen LogP contribution in [-0.2, 0) is 16.6 Å². The predicted octanol–water partition coefficient (Wildman–Crippen LogP) is 1.73. The van der Waals surface area contributed by atoms with Crippen molar-refractivity contribution in [3.05, 3.63) is 17.5 Å². The number of hydrogen-bond acceptors (Lipinski definition) is 5. The number of sulfonamides is 1. The fourth-order valence-electron chi connectivity index (χ4n) is 3.12. The van der Waals surface area contributed by atoms with Crippen LogP contribution in [0.25, 0.3) is 0 Å². The fraction of sp³-hybridized carbons (Fsp3) is 0.750. The summed E-state index contributed by atoms with van der Waals surface area (Å²) in [5.74, 6) is -0.374. The van der Waals surface area contributed by atoms with Gasteiger partial charge in [-0.3, -0.25) is 9.48 Å². The number of carbonyl (C=O) groups excluding carboxylic acids is 1. The maximum absolute atomic E-state index is 13.0. The van der Waals surface area contributed by atoms with Gasteiger partial charge in [-0.1, -0.05) is 13.8 Å². The number of amides is 1. The van der Waals surface area contributed by atoms with Crippen molar-refractivity contribution in [2.75, 3.05) is 6.26 Å². The molecule has 2 rings (SSSR count). The molecule has 24 heavy (non-hydrogen) atoms. The summed E-state index contributed by atoms with van der Waals surface area (Å²) in [5, 5.41) is 14.1. The molecule has 7 nitrogen and oxygen atoms in total. The van der Waals surface area contributed by atoms with E-state index < -0.39 is 28.1 Å². The normalized spacial score (nSPS) is 21.9. The van der Waals surface area contributed by atoms with Crippen molar-refractivity contribution < 1.29 is 18.3 Å². The molecule has 0 atom stereocenters. The highest BCUT2D eigenvalue weighted by Gasteiger charge is 2.36. The number of aromatic nitrogens is 2. The van der Waals surface area contributed by atoms with Crippen molar-refractivity contribution in [2.45, 2.75) is 71.1 Å². The Morgan fingerprint density at radius 1 is 1.38 bits per heavy atom. The average Bonchev–Trinajstić information content (AvgIpc) is 2.92. The molecule has 1 aliphatic carbocycles. The number of aryl methyl sites for hydroxylation is 1. The van der Waals surface area contributed by atoms with E-state index >= 15 is 0 Å². The van der Waals surface area contributed by atoms with Crippen molar-refractivity contribution in [3.8, 4) is 0 Å². The molecule has 0 radical (unpaired) electrons. The number of aliphatic hydroxyl groups is 1. The third kappa shape index (κ3) is 3.97. The Hall–Kier alpha value is -1.41. The topological polar surface area (TPSA) is 92.5 Å². The van der Waals surface area contributed by atoms with Crippen molar-refractivity contribution >= 4 is 15.9 Å². The Balaban J connectivity index is 2.39. The molecular formula is C16H27N3O4S. The molecule has 0 unspecified atom stereocenters. The molecule has 0 aromatic carbocycles. The highest BCUT2D eigenvalue weighted by Crippen LogP contribution is 2.27. The van der Waals surface area contributed by atoms with Gasteiger partial charge >= 0.3 is 0 Å². The van der Waals surface area contributed by atoms with E-state index in [4.69, 9.17) is 0 Å². The molecule has 136 valence electrons. The summed E-state index contributed by atoms with van der Waals surface area (Å²) < 4.78 is 27.1. The first-order valence-electron chi connectivity index (χ1n) is 8.44. The maximum atomic E-state index is 13.0. The van der Waals surface area contributed by atoms with E-state index in [1.54, 1.807) is 10.7 Å². The lowest BCUT2D eigenvalue weighted by molar-refractivity contribution is 0.0685. The summed E-state index contributed by atoms with van der Waals surface area (Å²) in [5.41, 5.74) is 1.07. The van der Waals surface area contributed by atoms with Gasteiger partial charge in [-0.25, -0.2) is 12.7 Å². The van der Waals surface area contributed by atoms with Gasteiger partial charge in [0.15, 0.2) is 0 Å². The summed E-state index contributed by atoms with van der Waals surface area (Å²) in [4.78, 5) is 13.0. The van der Waals surface area contributed by atoms with Crippen LogP contribution < -0.4 is 0 Å². The van der Waals surface area contributed by atoms with Gasteiger partial charge in [-0.2, -0.15) is 5.10 Å². The van der Waals surface area contributed by atoms with Crippen LogP contribution in [0.1, 0.15) is 68.6 Å². The molecule has 1 aliphatic rings. The fourth-order valence-corrected chi connectivity index (χ4v) is 4.27. The van der Waals surface area contributed by atoms with E-state index in [2.05, 4.69) is 5.10 Å². The Morgan fingerprint density at radius 2 is 1.96 bits per heavy atom. The summed E-state index contributed by atoms with van der Waals surface area (Å²) in [6.07, 6.45) is 2.63. The van der Waals surface area contributed by atoms with Crippen molar-refractivity contribution in [1.82, 2.24) is 14.1 Å². The summed E-state index contributed by atoms with van der Waals surface area (Å²) in [6, 6.07) is 1.28. The lowest BCUT2D eigenvalue weighted by Gasteiger charge is -2.34. The number of aliphatic hydroxyl groups excluding tert-OH is 1. The minimum atomic E-state index is -3.70. The van der Waals surface area contributed by atoms with Gasteiger partial charge in [-0.15, -0.1) is 0 Å². The molecule has 1 saturated carbocycles. The molecular weight excluding hydrogens is 330 g/mol. The second-order valence-electron chi connectivity index (χ2n) is 6.75. The first kappa shape index (κ1) is 18.9. The molecule has 1 aromatic heterocycles. The van der Waals surface area contributed by atoms with Crippen LogP contribution in [0.5, 0.6) is 0 Å². The molecule has 1 fully saturated rings. The van der Waals surface area contributed by atoms with E-state index in [1.165, 1.54) is 0 Å². The Kier molecular flexibility index (Phi) is 5.70. The average molecular weight is 357 g/mol. The van der Waals surface area contributed by atoms with Crippen LogP contribution >= 0.6 is 0 Å². The Morgan fingerprint density at radius 3 is 2.42 bits per heavy atom. The van der Waals surface area contributed by atoms with Gasteiger partial charge in [0.2, 0.25) is 10.0 Å². The molecule has 0 spiro atoms. The summed E-state index contributed by atoms with van der Waals surface area (Å²) in [6.45, 7) is 6.32. The van der Waals surface area contributed by atoms with Crippen LogP contribution in [0.3, 0.4) is 0 Å². The van der Waals surface area contributed by atoms with Gasteiger partial charge < -0.3 is 5.11 Å². The zero-order valence-corrected chi connectivity index (χ0v) is 15.6. The van der Waals surface area contributed by atoms with Crippen LogP contribution in [0, 0.1) is 0 Å². The zero-order valence-electron chi connectivity index (χ0n) is 14.8. The third-order valence-electron chi connectivity index (χ3n) is 4.46. The quantitative estimate of drug-likeness (QED) is 0.866. The van der Waals surface area contributed by atoms with Gasteiger partial charge in [0.25, 0.3) is 5.91 Å². The van der Waals surface area contributed by atoms with Gasteiger partial charge in [0.05, 0.1) is 18.1 Å². The van der Waals surface area contributed by atoms with Crippen molar-refractivity contribution in [1.29, 1.82) is 0 Å². The highest BCUT2D eigenvalue weighted by atomic mass is 32.2. The van der Waals surface area contributed by atoms with Gasteiger partial charge in [0.1, 0.15) is 5.69 Å². The largest absolute Gasteiger partial charge is 0.393 e. The molecule has 1 heterocycles. The lowest BCUT2D eigenvalue weighted by atomic mass is 9.93. The van der Waals surface area contributed by atoms with Gasteiger partial charge in [0, 0.05) is 12.6 Å². The first-order valence-corrected chi connectivity index (χ1v) is 10.3. The molecule has 1 N–H and O–H groups in total. The van der Waals surface area contributed by atoms with Crippen LogP contribution in [0.4, 0.5) is 0 Å². The van der Waals surface area contributed by atoms with Gasteiger partial charge in [-0.05, 0) is 44.6 Å². The summed E-state index contributed by atoms with van der Waals surface area (Å²) >= 11 is 0.